The summed E-state index contributed by atoms with van der Waals surface area (Å²) >= 11 is 0. The van der Waals surface area contributed by atoms with E-state index in [0.717, 1.165) is 11.0 Å². The Morgan fingerprint density at radius 3 is 2.46 bits per heavy atom. The van der Waals surface area contributed by atoms with E-state index in [-0.39, 0.29) is 29.2 Å². The monoisotopic (exact) mass is 392 g/mol. The van der Waals surface area contributed by atoms with Gasteiger partial charge in [-0.15, -0.1) is 0 Å². The number of hydrogen-bond acceptors (Lipinski definition) is 6. The lowest BCUT2D eigenvalue weighted by molar-refractivity contribution is 0.0525. The number of aromatic nitrogens is 3. The van der Waals surface area contributed by atoms with Crippen LogP contribution >= 0.6 is 0 Å². The number of carbonyl (C=O) groups is 2. The Morgan fingerprint density at radius 1 is 1.25 bits per heavy atom. The molecule has 0 aliphatic rings. The van der Waals surface area contributed by atoms with E-state index in [9.17, 15) is 14.0 Å². The van der Waals surface area contributed by atoms with E-state index in [1.807, 2.05) is 6.92 Å². The summed E-state index contributed by atoms with van der Waals surface area (Å²) in [4.78, 5) is 29.7. The lowest BCUT2D eigenvalue weighted by Crippen LogP contribution is -2.34. The molecule has 0 aromatic carbocycles. The second kappa shape index (κ2) is 8.37. The molecule has 0 aliphatic heterocycles. The van der Waals surface area contributed by atoms with Gasteiger partial charge in [-0.3, -0.25) is 9.58 Å². The molecule has 152 valence electrons. The molecule has 2 heterocycles. The van der Waals surface area contributed by atoms with Gasteiger partial charge in [0.25, 0.3) is 0 Å². The van der Waals surface area contributed by atoms with Crippen molar-refractivity contribution in [3.05, 3.63) is 29.8 Å². The van der Waals surface area contributed by atoms with Crippen LogP contribution in [0.5, 0.6) is 0 Å². The number of aryl methyl sites for hydroxylation is 1. The summed E-state index contributed by atoms with van der Waals surface area (Å²) < 4.78 is 26.6. The number of esters is 1. The predicted octanol–water partition coefficient (Wildman–Crippen LogP) is 3.65. The van der Waals surface area contributed by atoms with Gasteiger partial charge in [-0.05, 0) is 34.6 Å². The molecule has 0 N–H and O–H groups in total. The highest BCUT2D eigenvalue weighted by molar-refractivity contribution is 5.96. The molecule has 0 aliphatic carbocycles. The maximum absolute atomic E-state index is 14.9. The first kappa shape index (κ1) is 21.3. The SMILES string of the molecule is CCOC(=O)c1cnn(CC)c1-c1ncc(N(C)C(=O)OC(C)(C)C)cc1F. The van der Waals surface area contributed by atoms with Crippen LogP contribution in [-0.4, -0.2) is 46.1 Å². The maximum atomic E-state index is 14.9. The first-order valence-corrected chi connectivity index (χ1v) is 8.94. The van der Waals surface area contributed by atoms with Gasteiger partial charge in [-0.25, -0.2) is 19.0 Å². The van der Waals surface area contributed by atoms with Crippen molar-refractivity contribution in [3.63, 3.8) is 0 Å². The zero-order chi connectivity index (χ0) is 21.1. The minimum Gasteiger partial charge on any atom is -0.462 e. The normalized spacial score (nSPS) is 11.2. The molecular weight excluding hydrogens is 367 g/mol. The topological polar surface area (TPSA) is 86.5 Å². The molecule has 9 heteroatoms. The average molecular weight is 392 g/mol. The number of rotatable bonds is 5. The molecule has 0 atom stereocenters. The van der Waals surface area contributed by atoms with Crippen LogP contribution in [0.4, 0.5) is 14.9 Å². The Labute approximate surface area is 163 Å². The highest BCUT2D eigenvalue weighted by atomic mass is 19.1. The second-order valence-corrected chi connectivity index (χ2v) is 7.01. The lowest BCUT2D eigenvalue weighted by atomic mass is 10.1. The zero-order valence-electron chi connectivity index (χ0n) is 16.9. The molecule has 0 radical (unpaired) electrons. The van der Waals surface area contributed by atoms with Crippen molar-refractivity contribution in [2.45, 2.75) is 46.8 Å². The van der Waals surface area contributed by atoms with Gasteiger partial charge in [0.15, 0.2) is 5.82 Å². The van der Waals surface area contributed by atoms with Crippen molar-refractivity contribution >= 4 is 17.7 Å². The number of halogens is 1. The zero-order valence-corrected chi connectivity index (χ0v) is 16.9. The van der Waals surface area contributed by atoms with Gasteiger partial charge in [0.05, 0.1) is 24.7 Å². The van der Waals surface area contributed by atoms with Crippen LogP contribution < -0.4 is 4.90 Å². The van der Waals surface area contributed by atoms with Crippen LogP contribution in [-0.2, 0) is 16.0 Å². The van der Waals surface area contributed by atoms with Gasteiger partial charge in [-0.1, -0.05) is 0 Å². The predicted molar refractivity (Wildman–Crippen MR) is 102 cm³/mol. The molecule has 1 amide bonds. The van der Waals surface area contributed by atoms with Crippen molar-refractivity contribution in [2.24, 2.45) is 0 Å². The molecule has 0 saturated heterocycles. The number of ether oxygens (including phenoxy) is 2. The third-order valence-corrected chi connectivity index (χ3v) is 3.74. The van der Waals surface area contributed by atoms with Gasteiger partial charge in [0, 0.05) is 19.7 Å². The average Bonchev–Trinajstić information content (AvgIpc) is 3.03. The number of amides is 1. The standard InChI is InChI=1S/C19H25FN4O4/c1-7-24-16(13(11-22-24)17(25)27-8-2)15-14(20)9-12(10-21-15)23(6)18(26)28-19(3,4)5/h9-11H,7-8H2,1-6H3. The van der Waals surface area contributed by atoms with Crippen molar-refractivity contribution in [3.8, 4) is 11.4 Å². The van der Waals surface area contributed by atoms with Crippen LogP contribution in [0.3, 0.4) is 0 Å². The third kappa shape index (κ3) is 4.65. The summed E-state index contributed by atoms with van der Waals surface area (Å²) in [6, 6.07) is 1.16. The fraction of sp³-hybridized carbons (Fsp3) is 0.474. The van der Waals surface area contributed by atoms with Crippen LogP contribution in [0.25, 0.3) is 11.4 Å². The number of anilines is 1. The van der Waals surface area contributed by atoms with E-state index in [2.05, 4.69) is 10.1 Å². The van der Waals surface area contributed by atoms with Gasteiger partial charge < -0.3 is 9.47 Å². The van der Waals surface area contributed by atoms with E-state index in [4.69, 9.17) is 9.47 Å². The highest BCUT2D eigenvalue weighted by Gasteiger charge is 2.25. The molecule has 0 spiro atoms. The summed E-state index contributed by atoms with van der Waals surface area (Å²) in [7, 11) is 1.46. The summed E-state index contributed by atoms with van der Waals surface area (Å²) in [6.45, 7) is 9.31. The van der Waals surface area contributed by atoms with E-state index in [1.54, 1.807) is 27.7 Å². The minimum absolute atomic E-state index is 0.0521. The van der Waals surface area contributed by atoms with Crippen molar-refractivity contribution in [1.82, 2.24) is 14.8 Å². The van der Waals surface area contributed by atoms with Crippen molar-refractivity contribution in [1.29, 1.82) is 0 Å². The van der Waals surface area contributed by atoms with E-state index < -0.39 is 23.5 Å². The molecule has 2 aromatic heterocycles. The Balaban J connectivity index is 2.41. The highest BCUT2D eigenvalue weighted by Crippen LogP contribution is 2.28. The Hall–Kier alpha value is -2.97. The molecule has 0 bridgehead atoms. The van der Waals surface area contributed by atoms with Crippen LogP contribution in [0.1, 0.15) is 45.0 Å². The maximum Gasteiger partial charge on any atom is 0.414 e. The first-order valence-electron chi connectivity index (χ1n) is 8.94. The quantitative estimate of drug-likeness (QED) is 0.722. The summed E-state index contributed by atoms with van der Waals surface area (Å²) in [5, 5.41) is 4.11. The molecule has 0 unspecified atom stereocenters. The summed E-state index contributed by atoms with van der Waals surface area (Å²) in [5.74, 6) is -1.30. The van der Waals surface area contributed by atoms with Gasteiger partial charge in [0.2, 0.25) is 0 Å². The van der Waals surface area contributed by atoms with Crippen LogP contribution in [0, 0.1) is 5.82 Å². The molecule has 0 saturated carbocycles. The van der Waals surface area contributed by atoms with Gasteiger partial charge in [0.1, 0.15) is 22.6 Å². The lowest BCUT2D eigenvalue weighted by Gasteiger charge is -2.24. The van der Waals surface area contributed by atoms with Crippen LogP contribution in [0.15, 0.2) is 18.5 Å². The molecule has 0 fully saturated rings. The largest absolute Gasteiger partial charge is 0.462 e. The van der Waals surface area contributed by atoms with Crippen molar-refractivity contribution < 1.29 is 23.5 Å². The van der Waals surface area contributed by atoms with Crippen molar-refractivity contribution in [2.75, 3.05) is 18.6 Å². The second-order valence-electron chi connectivity index (χ2n) is 7.01. The molecule has 8 nitrogen and oxygen atoms in total. The van der Waals surface area contributed by atoms with E-state index in [1.165, 1.54) is 24.1 Å². The summed E-state index contributed by atoms with van der Waals surface area (Å²) in [6.07, 6.45) is 2.04. The fourth-order valence-electron chi connectivity index (χ4n) is 2.45. The summed E-state index contributed by atoms with van der Waals surface area (Å²) in [5.41, 5.74) is -0.160. The van der Waals surface area contributed by atoms with E-state index in [0.29, 0.717) is 6.54 Å². The van der Waals surface area contributed by atoms with Crippen LogP contribution in [0.2, 0.25) is 0 Å². The Bertz CT molecular complexity index is 873. The number of carbonyl (C=O) groups excluding carboxylic acids is 2. The number of nitrogens with zero attached hydrogens (tertiary/aromatic N) is 4. The Morgan fingerprint density at radius 2 is 1.93 bits per heavy atom. The van der Waals surface area contributed by atoms with Gasteiger partial charge in [-0.2, -0.15) is 5.10 Å². The van der Waals surface area contributed by atoms with E-state index >= 15 is 0 Å². The molecule has 28 heavy (non-hydrogen) atoms. The molecule has 2 rings (SSSR count). The smallest absolute Gasteiger partial charge is 0.414 e. The van der Waals surface area contributed by atoms with Gasteiger partial charge >= 0.3 is 12.1 Å². The molecular formula is C19H25FN4O4. The first-order chi connectivity index (χ1) is 13.1. The minimum atomic E-state index is -0.700. The fourth-order valence-corrected chi connectivity index (χ4v) is 2.45. The molecule has 2 aromatic rings. The number of hydrogen-bond donors (Lipinski definition) is 0. The number of pyridine rings is 1. The Kier molecular flexibility index (Phi) is 6.37. The third-order valence-electron chi connectivity index (χ3n) is 3.74.